The van der Waals surface area contributed by atoms with Gasteiger partial charge in [0.25, 0.3) is 5.91 Å². The Hall–Kier alpha value is -2.61. The maximum Gasteiger partial charge on any atom is 0.331 e. The third-order valence-electron chi connectivity index (χ3n) is 3.03. The van der Waals surface area contributed by atoms with Gasteiger partial charge in [0.2, 0.25) is 0 Å². The van der Waals surface area contributed by atoms with Crippen LogP contribution in [0, 0.1) is 18.3 Å². The number of carbonyl (C=O) groups excluding carboxylic acids is 2. The summed E-state index contributed by atoms with van der Waals surface area (Å²) in [6.45, 7) is 3.80. The van der Waals surface area contributed by atoms with Crippen LogP contribution in [0.3, 0.4) is 0 Å². The van der Waals surface area contributed by atoms with Gasteiger partial charge in [-0.25, -0.2) is 4.79 Å². The van der Waals surface area contributed by atoms with Crippen molar-refractivity contribution in [1.29, 1.82) is 5.26 Å². The van der Waals surface area contributed by atoms with E-state index >= 15 is 0 Å². The Morgan fingerprint density at radius 2 is 2.18 bits per heavy atom. The first kappa shape index (κ1) is 17.4. The summed E-state index contributed by atoms with van der Waals surface area (Å²) in [5, 5.41) is 8.50. The van der Waals surface area contributed by atoms with Crippen molar-refractivity contribution < 1.29 is 14.3 Å². The van der Waals surface area contributed by atoms with Gasteiger partial charge in [-0.15, -0.1) is 0 Å². The molecule has 1 amide bonds. The molecule has 0 saturated carbocycles. The van der Waals surface area contributed by atoms with Crippen LogP contribution in [0.4, 0.5) is 0 Å². The zero-order valence-electron chi connectivity index (χ0n) is 13.1. The van der Waals surface area contributed by atoms with E-state index in [4.69, 9.17) is 10.00 Å². The van der Waals surface area contributed by atoms with E-state index in [9.17, 15) is 9.59 Å². The summed E-state index contributed by atoms with van der Waals surface area (Å²) in [7, 11) is 1.58. The predicted molar refractivity (Wildman–Crippen MR) is 83.6 cm³/mol. The fraction of sp³-hybridized carbons (Fsp3) is 0.353. The van der Waals surface area contributed by atoms with Gasteiger partial charge in [0.1, 0.15) is 0 Å². The molecule has 0 fully saturated rings. The first-order valence-electron chi connectivity index (χ1n) is 7.01. The standard InChI is InChI=1S/C17H20N2O3/c1-13-6-4-7-15(12-13)8-9-16(20)22-14(2)17(21)19(3)11-5-10-18/h4,6-9,12,14H,5,11H2,1-3H3/b9-8+/t14-/m1/s1. The van der Waals surface area contributed by atoms with Gasteiger partial charge in [0, 0.05) is 19.7 Å². The molecule has 5 nitrogen and oxygen atoms in total. The second kappa shape index (κ2) is 8.63. The van der Waals surface area contributed by atoms with E-state index in [-0.39, 0.29) is 12.3 Å². The highest BCUT2D eigenvalue weighted by molar-refractivity contribution is 5.90. The topological polar surface area (TPSA) is 70.4 Å². The van der Waals surface area contributed by atoms with Gasteiger partial charge in [0.05, 0.1) is 12.5 Å². The molecular weight excluding hydrogens is 280 g/mol. The summed E-state index contributed by atoms with van der Waals surface area (Å²) in [6, 6.07) is 9.64. The molecule has 0 spiro atoms. The van der Waals surface area contributed by atoms with E-state index in [1.807, 2.05) is 37.3 Å². The van der Waals surface area contributed by atoms with Gasteiger partial charge < -0.3 is 9.64 Å². The lowest BCUT2D eigenvalue weighted by atomic mass is 10.1. The van der Waals surface area contributed by atoms with Crippen molar-refractivity contribution in [3.05, 3.63) is 41.5 Å². The third kappa shape index (κ3) is 5.80. The molecule has 0 heterocycles. The van der Waals surface area contributed by atoms with Crippen LogP contribution in [0.15, 0.2) is 30.3 Å². The number of esters is 1. The number of amides is 1. The molecule has 0 unspecified atom stereocenters. The maximum absolute atomic E-state index is 11.9. The highest BCUT2D eigenvalue weighted by atomic mass is 16.5. The molecule has 22 heavy (non-hydrogen) atoms. The Kier molecular flexibility index (Phi) is 6.84. The van der Waals surface area contributed by atoms with Gasteiger partial charge in [-0.1, -0.05) is 29.8 Å². The van der Waals surface area contributed by atoms with E-state index in [0.717, 1.165) is 11.1 Å². The van der Waals surface area contributed by atoms with Crippen molar-refractivity contribution in [2.75, 3.05) is 13.6 Å². The van der Waals surface area contributed by atoms with Crippen LogP contribution in [0.5, 0.6) is 0 Å². The lowest BCUT2D eigenvalue weighted by Gasteiger charge is -2.19. The van der Waals surface area contributed by atoms with E-state index in [1.54, 1.807) is 13.1 Å². The normalized spacial score (nSPS) is 11.7. The number of benzene rings is 1. The molecule has 0 aliphatic carbocycles. The highest BCUT2D eigenvalue weighted by Crippen LogP contribution is 2.06. The Labute approximate surface area is 130 Å². The maximum atomic E-state index is 11.9. The average Bonchev–Trinajstić information content (AvgIpc) is 2.49. The first-order valence-corrected chi connectivity index (χ1v) is 7.01. The Morgan fingerprint density at radius 3 is 2.82 bits per heavy atom. The Morgan fingerprint density at radius 1 is 1.45 bits per heavy atom. The molecule has 0 radical (unpaired) electrons. The molecule has 116 valence electrons. The number of carbonyl (C=O) groups is 2. The molecule has 5 heteroatoms. The molecule has 0 aromatic heterocycles. The number of aryl methyl sites for hydroxylation is 1. The molecule has 0 aliphatic rings. The summed E-state index contributed by atoms with van der Waals surface area (Å²) in [4.78, 5) is 25.0. The largest absolute Gasteiger partial charge is 0.449 e. The molecule has 0 aliphatic heterocycles. The van der Waals surface area contributed by atoms with Crippen molar-refractivity contribution in [3.63, 3.8) is 0 Å². The SMILES string of the molecule is Cc1cccc(/C=C/C(=O)O[C@H](C)C(=O)N(C)CCC#N)c1. The predicted octanol–water partition coefficient (Wildman–Crippen LogP) is 2.31. The van der Waals surface area contributed by atoms with Crippen LogP contribution in [0.2, 0.25) is 0 Å². The lowest BCUT2D eigenvalue weighted by molar-refractivity contribution is -0.154. The molecule has 1 aromatic carbocycles. The monoisotopic (exact) mass is 300 g/mol. The van der Waals surface area contributed by atoms with Crippen LogP contribution in [0.1, 0.15) is 24.5 Å². The molecule has 1 atom stereocenters. The lowest BCUT2D eigenvalue weighted by Crippen LogP contribution is -2.37. The number of hydrogen-bond donors (Lipinski definition) is 0. The summed E-state index contributed by atoms with van der Waals surface area (Å²) in [6.07, 6.45) is 2.31. The van der Waals surface area contributed by atoms with E-state index < -0.39 is 12.1 Å². The van der Waals surface area contributed by atoms with Crippen LogP contribution in [0.25, 0.3) is 6.08 Å². The number of likely N-dealkylation sites (N-methyl/N-ethyl adjacent to an activating group) is 1. The summed E-state index contributed by atoms with van der Waals surface area (Å²) < 4.78 is 5.07. The average molecular weight is 300 g/mol. The highest BCUT2D eigenvalue weighted by Gasteiger charge is 2.20. The van der Waals surface area contributed by atoms with Crippen molar-refractivity contribution in [2.45, 2.75) is 26.4 Å². The van der Waals surface area contributed by atoms with E-state index in [2.05, 4.69) is 0 Å². The van der Waals surface area contributed by atoms with Gasteiger partial charge in [0.15, 0.2) is 6.10 Å². The van der Waals surface area contributed by atoms with Crippen LogP contribution in [-0.4, -0.2) is 36.5 Å². The van der Waals surface area contributed by atoms with E-state index in [1.165, 1.54) is 17.9 Å². The van der Waals surface area contributed by atoms with Gasteiger partial charge in [-0.2, -0.15) is 5.26 Å². The molecule has 0 saturated heterocycles. The third-order valence-corrected chi connectivity index (χ3v) is 3.03. The number of ether oxygens (including phenoxy) is 1. The molecule has 0 bridgehead atoms. The second-order valence-corrected chi connectivity index (χ2v) is 4.99. The minimum absolute atomic E-state index is 0.246. The second-order valence-electron chi connectivity index (χ2n) is 4.99. The zero-order chi connectivity index (χ0) is 16.5. The smallest absolute Gasteiger partial charge is 0.331 e. The number of hydrogen-bond acceptors (Lipinski definition) is 4. The molecule has 0 N–H and O–H groups in total. The van der Waals surface area contributed by atoms with Gasteiger partial charge in [-0.3, -0.25) is 4.79 Å². The van der Waals surface area contributed by atoms with Crippen molar-refractivity contribution in [3.8, 4) is 6.07 Å². The molecule has 1 rings (SSSR count). The fourth-order valence-corrected chi connectivity index (χ4v) is 1.84. The number of nitrogens with zero attached hydrogens (tertiary/aromatic N) is 2. The van der Waals surface area contributed by atoms with Gasteiger partial charge >= 0.3 is 5.97 Å². The van der Waals surface area contributed by atoms with E-state index in [0.29, 0.717) is 6.54 Å². The van der Waals surface area contributed by atoms with Gasteiger partial charge in [-0.05, 0) is 25.5 Å². The Bertz CT molecular complexity index is 602. The fourth-order valence-electron chi connectivity index (χ4n) is 1.84. The van der Waals surface area contributed by atoms with Crippen LogP contribution in [-0.2, 0) is 14.3 Å². The van der Waals surface area contributed by atoms with Crippen molar-refractivity contribution in [2.24, 2.45) is 0 Å². The minimum atomic E-state index is -0.877. The number of rotatable bonds is 6. The summed E-state index contributed by atoms with van der Waals surface area (Å²) >= 11 is 0. The summed E-state index contributed by atoms with van der Waals surface area (Å²) in [5.41, 5.74) is 1.99. The van der Waals surface area contributed by atoms with Crippen molar-refractivity contribution in [1.82, 2.24) is 4.90 Å². The zero-order valence-corrected chi connectivity index (χ0v) is 13.1. The molecular formula is C17H20N2O3. The van der Waals surface area contributed by atoms with Crippen molar-refractivity contribution >= 4 is 18.0 Å². The quantitative estimate of drug-likeness (QED) is 0.597. The van der Waals surface area contributed by atoms with Crippen LogP contribution < -0.4 is 0 Å². The summed E-state index contributed by atoms with van der Waals surface area (Å²) in [5.74, 6) is -0.899. The first-order chi connectivity index (χ1) is 10.4. The number of nitriles is 1. The molecule has 1 aromatic rings. The van der Waals surface area contributed by atoms with Crippen LogP contribution >= 0.6 is 0 Å². The Balaban J connectivity index is 2.53. The minimum Gasteiger partial charge on any atom is -0.449 e.